The molecule has 0 saturated heterocycles. The van der Waals surface area contributed by atoms with Crippen LogP contribution in [-0.2, 0) is 11.3 Å². The van der Waals surface area contributed by atoms with Gasteiger partial charge in [-0.1, -0.05) is 60.0 Å². The highest BCUT2D eigenvalue weighted by Crippen LogP contribution is 2.27. The van der Waals surface area contributed by atoms with Crippen LogP contribution in [0.1, 0.15) is 45.4 Å². The van der Waals surface area contributed by atoms with Crippen LogP contribution in [0.5, 0.6) is 0 Å². The maximum Gasteiger partial charge on any atom is 0.251 e. The van der Waals surface area contributed by atoms with Gasteiger partial charge in [-0.2, -0.15) is 0 Å². The van der Waals surface area contributed by atoms with Crippen molar-refractivity contribution >= 4 is 51.8 Å². The average molecular weight is 568 g/mol. The standard InChI is InChI=1S/C26H29N7O2S3/c1-6-36-26-32-30-24(38-26)28-22(34)14-37-25-31-29-21(33(25)20-11-15(2)7-8-17(20)4)13-27-23(35)19-10-9-16(3)18(5)12-19/h7-12H,6,13-14H2,1-5H3,(H,27,35)(H,28,30,34). The van der Waals surface area contributed by atoms with Crippen LogP contribution in [0.4, 0.5) is 5.13 Å². The number of amides is 2. The zero-order valence-electron chi connectivity index (χ0n) is 21.9. The molecule has 38 heavy (non-hydrogen) atoms. The van der Waals surface area contributed by atoms with Crippen LogP contribution in [0.3, 0.4) is 0 Å². The SMILES string of the molecule is CCSc1nnc(NC(=O)CSc2nnc(CNC(=O)c3ccc(C)c(C)c3)n2-c2cc(C)ccc2C)s1. The Hall–Kier alpha value is -3.22. The lowest BCUT2D eigenvalue weighted by Crippen LogP contribution is -2.25. The summed E-state index contributed by atoms with van der Waals surface area (Å²) in [6.45, 7) is 10.2. The molecule has 0 aliphatic rings. The number of nitrogens with one attached hydrogen (secondary N) is 2. The molecule has 9 nitrogen and oxygen atoms in total. The van der Waals surface area contributed by atoms with Crippen molar-refractivity contribution in [3.8, 4) is 5.69 Å². The maximum absolute atomic E-state index is 12.9. The third-order valence-corrected chi connectivity index (χ3v) is 8.52. The van der Waals surface area contributed by atoms with Crippen molar-refractivity contribution in [2.24, 2.45) is 0 Å². The molecule has 0 spiro atoms. The highest BCUT2D eigenvalue weighted by atomic mass is 32.2. The van der Waals surface area contributed by atoms with Crippen molar-refractivity contribution in [2.45, 2.75) is 50.7 Å². The van der Waals surface area contributed by atoms with E-state index in [0.717, 1.165) is 38.0 Å². The number of benzene rings is 2. The summed E-state index contributed by atoms with van der Waals surface area (Å²) in [5.74, 6) is 1.19. The Kier molecular flexibility index (Phi) is 9.18. The molecule has 4 rings (SSSR count). The van der Waals surface area contributed by atoms with Crippen molar-refractivity contribution in [1.29, 1.82) is 0 Å². The second kappa shape index (κ2) is 12.5. The summed E-state index contributed by atoms with van der Waals surface area (Å²) in [4.78, 5) is 25.5. The molecule has 0 atom stereocenters. The number of carbonyl (C=O) groups excluding carboxylic acids is 2. The minimum Gasteiger partial charge on any atom is -0.345 e. The van der Waals surface area contributed by atoms with Gasteiger partial charge in [-0.15, -0.1) is 20.4 Å². The van der Waals surface area contributed by atoms with Crippen LogP contribution in [0.25, 0.3) is 5.69 Å². The smallest absolute Gasteiger partial charge is 0.251 e. The van der Waals surface area contributed by atoms with Crippen molar-refractivity contribution in [2.75, 3.05) is 16.8 Å². The fourth-order valence-electron chi connectivity index (χ4n) is 3.58. The average Bonchev–Trinajstić information content (AvgIpc) is 3.51. The number of rotatable bonds is 10. The van der Waals surface area contributed by atoms with Gasteiger partial charge in [-0.3, -0.25) is 19.5 Å². The van der Waals surface area contributed by atoms with E-state index in [1.165, 1.54) is 23.1 Å². The summed E-state index contributed by atoms with van der Waals surface area (Å²) in [7, 11) is 0. The number of hydrogen-bond donors (Lipinski definition) is 2. The second-order valence-corrected chi connectivity index (χ2v) is 12.1. The van der Waals surface area contributed by atoms with Gasteiger partial charge in [0.25, 0.3) is 5.91 Å². The van der Waals surface area contributed by atoms with E-state index >= 15 is 0 Å². The van der Waals surface area contributed by atoms with Crippen LogP contribution in [-0.4, -0.2) is 48.3 Å². The number of nitrogens with zero attached hydrogens (tertiary/aromatic N) is 5. The lowest BCUT2D eigenvalue weighted by Gasteiger charge is -2.14. The number of carbonyl (C=O) groups is 2. The fourth-order valence-corrected chi connectivity index (χ4v) is 6.01. The molecule has 0 saturated carbocycles. The van der Waals surface area contributed by atoms with E-state index in [0.29, 0.717) is 21.7 Å². The van der Waals surface area contributed by atoms with Gasteiger partial charge >= 0.3 is 0 Å². The summed E-state index contributed by atoms with van der Waals surface area (Å²) >= 11 is 4.20. The van der Waals surface area contributed by atoms with Crippen LogP contribution >= 0.6 is 34.9 Å². The Morgan fingerprint density at radius 3 is 2.47 bits per heavy atom. The minimum atomic E-state index is -0.209. The van der Waals surface area contributed by atoms with Crippen LogP contribution in [0, 0.1) is 27.7 Å². The zero-order chi connectivity index (χ0) is 27.2. The molecule has 0 bridgehead atoms. The number of thioether (sulfide) groups is 2. The van der Waals surface area contributed by atoms with E-state index in [1.807, 2.05) is 75.6 Å². The number of hydrogen-bond acceptors (Lipinski definition) is 9. The Morgan fingerprint density at radius 2 is 1.71 bits per heavy atom. The van der Waals surface area contributed by atoms with E-state index in [2.05, 4.69) is 31.0 Å². The first-order valence-electron chi connectivity index (χ1n) is 12.0. The number of aryl methyl sites for hydroxylation is 4. The summed E-state index contributed by atoms with van der Waals surface area (Å²) in [6, 6.07) is 11.7. The van der Waals surface area contributed by atoms with Gasteiger partial charge in [-0.05, 0) is 73.9 Å². The first-order chi connectivity index (χ1) is 18.2. The Bertz CT molecular complexity index is 1470. The van der Waals surface area contributed by atoms with Gasteiger partial charge < -0.3 is 5.32 Å². The van der Waals surface area contributed by atoms with Crippen molar-refractivity contribution in [1.82, 2.24) is 30.3 Å². The number of anilines is 1. The van der Waals surface area contributed by atoms with E-state index in [9.17, 15) is 9.59 Å². The van der Waals surface area contributed by atoms with Gasteiger partial charge in [0, 0.05) is 5.56 Å². The van der Waals surface area contributed by atoms with E-state index in [4.69, 9.17) is 0 Å². The molecule has 2 aromatic heterocycles. The molecule has 4 aromatic rings. The lowest BCUT2D eigenvalue weighted by atomic mass is 10.1. The predicted octanol–water partition coefficient (Wildman–Crippen LogP) is 5.13. The molecule has 12 heteroatoms. The Balaban J connectivity index is 1.52. The van der Waals surface area contributed by atoms with E-state index in [-0.39, 0.29) is 24.1 Å². The molecule has 2 N–H and O–H groups in total. The highest BCUT2D eigenvalue weighted by Gasteiger charge is 2.19. The maximum atomic E-state index is 12.9. The van der Waals surface area contributed by atoms with Crippen molar-refractivity contribution in [3.05, 3.63) is 70.0 Å². The van der Waals surface area contributed by atoms with Gasteiger partial charge in [-0.25, -0.2) is 0 Å². The second-order valence-electron chi connectivity index (χ2n) is 8.65. The Labute approximate surface area is 234 Å². The third kappa shape index (κ3) is 6.80. The predicted molar refractivity (Wildman–Crippen MR) is 154 cm³/mol. The fraction of sp³-hybridized carbons (Fsp3) is 0.308. The first-order valence-corrected chi connectivity index (χ1v) is 14.8. The summed E-state index contributed by atoms with van der Waals surface area (Å²) < 4.78 is 2.72. The molecule has 0 fully saturated rings. The normalized spacial score (nSPS) is 11.0. The largest absolute Gasteiger partial charge is 0.345 e. The van der Waals surface area contributed by atoms with E-state index < -0.39 is 0 Å². The molecule has 0 aliphatic heterocycles. The molecular formula is C26H29N7O2S3. The molecule has 198 valence electrons. The van der Waals surface area contributed by atoms with Crippen molar-refractivity contribution < 1.29 is 9.59 Å². The lowest BCUT2D eigenvalue weighted by molar-refractivity contribution is -0.113. The minimum absolute atomic E-state index is 0.119. The molecule has 0 radical (unpaired) electrons. The molecule has 0 unspecified atom stereocenters. The van der Waals surface area contributed by atoms with Crippen molar-refractivity contribution in [3.63, 3.8) is 0 Å². The quantitative estimate of drug-likeness (QED) is 0.200. The first kappa shape index (κ1) is 27.8. The summed E-state index contributed by atoms with van der Waals surface area (Å²) in [5, 5.41) is 23.6. The number of aromatic nitrogens is 5. The highest BCUT2D eigenvalue weighted by molar-refractivity contribution is 8.01. The van der Waals surface area contributed by atoms with Gasteiger partial charge in [0.05, 0.1) is 18.0 Å². The van der Waals surface area contributed by atoms with Gasteiger partial charge in [0.2, 0.25) is 11.0 Å². The van der Waals surface area contributed by atoms with Gasteiger partial charge in [0.1, 0.15) is 0 Å². The van der Waals surface area contributed by atoms with Crippen LogP contribution in [0.2, 0.25) is 0 Å². The molecule has 2 amide bonds. The van der Waals surface area contributed by atoms with Gasteiger partial charge in [0.15, 0.2) is 15.3 Å². The topological polar surface area (TPSA) is 115 Å². The van der Waals surface area contributed by atoms with Crippen LogP contribution < -0.4 is 10.6 Å². The summed E-state index contributed by atoms with van der Waals surface area (Å²) in [5.41, 5.74) is 5.79. The van der Waals surface area contributed by atoms with E-state index in [1.54, 1.807) is 11.8 Å². The molecule has 2 aromatic carbocycles. The summed E-state index contributed by atoms with van der Waals surface area (Å²) in [6.07, 6.45) is 0. The third-order valence-electron chi connectivity index (χ3n) is 5.74. The Morgan fingerprint density at radius 1 is 0.921 bits per heavy atom. The zero-order valence-corrected chi connectivity index (χ0v) is 24.3. The molecule has 0 aliphatic carbocycles. The molecule has 2 heterocycles. The van der Waals surface area contributed by atoms with Crippen LogP contribution in [0.15, 0.2) is 45.9 Å². The monoisotopic (exact) mass is 567 g/mol. The molecular weight excluding hydrogens is 539 g/mol.